The van der Waals surface area contributed by atoms with Gasteiger partial charge in [0.05, 0.1) is 0 Å². The number of hydrogen-bond donors (Lipinski definition) is 1. The number of carbonyl (C=O) groups excluding carboxylic acids is 2. The average molecular weight is 376 g/mol. The van der Waals surface area contributed by atoms with Crippen molar-refractivity contribution < 1.29 is 18.4 Å². The molecule has 1 aliphatic carbocycles. The second-order valence-electron chi connectivity index (χ2n) is 7.50. The topological polar surface area (TPSA) is 49.4 Å². The minimum absolute atomic E-state index is 0.100. The van der Waals surface area contributed by atoms with E-state index in [1.165, 1.54) is 6.07 Å². The Bertz CT molecular complexity index is 712. The van der Waals surface area contributed by atoms with Crippen LogP contribution in [0.15, 0.2) is 30.4 Å². The Labute approximate surface area is 158 Å². The summed E-state index contributed by atoms with van der Waals surface area (Å²) in [6.07, 6.45) is 8.94. The van der Waals surface area contributed by atoms with Gasteiger partial charge in [0.1, 0.15) is 0 Å². The summed E-state index contributed by atoms with van der Waals surface area (Å²) < 4.78 is 26.1. The van der Waals surface area contributed by atoms with E-state index in [-0.39, 0.29) is 24.3 Å². The van der Waals surface area contributed by atoms with Gasteiger partial charge in [0.15, 0.2) is 11.6 Å². The maximum absolute atomic E-state index is 13.2. The van der Waals surface area contributed by atoms with Gasteiger partial charge in [-0.15, -0.1) is 0 Å². The highest BCUT2D eigenvalue weighted by molar-refractivity contribution is 5.80. The zero-order valence-corrected chi connectivity index (χ0v) is 15.4. The van der Waals surface area contributed by atoms with E-state index in [1.54, 1.807) is 0 Å². The van der Waals surface area contributed by atoms with E-state index in [0.717, 1.165) is 57.3 Å². The zero-order valence-electron chi connectivity index (χ0n) is 15.4. The van der Waals surface area contributed by atoms with E-state index in [2.05, 4.69) is 17.5 Å². The largest absolute Gasteiger partial charge is 0.352 e. The first-order valence-electron chi connectivity index (χ1n) is 9.67. The molecule has 6 heteroatoms. The van der Waals surface area contributed by atoms with Crippen molar-refractivity contribution in [2.45, 2.75) is 45.1 Å². The molecule has 0 aromatic heterocycles. The number of benzene rings is 1. The van der Waals surface area contributed by atoms with Gasteiger partial charge in [-0.2, -0.15) is 0 Å². The maximum atomic E-state index is 13.2. The van der Waals surface area contributed by atoms with Crippen LogP contribution < -0.4 is 5.32 Å². The van der Waals surface area contributed by atoms with Crippen LogP contribution in [0.25, 0.3) is 0 Å². The standard InChI is InChI=1S/C21H26F2N2O2/c22-18-9-7-16(12-19(18)23)13-24-20(26)10-8-15-4-3-11-25(14-15)21(27)17-5-1-2-6-17/h1-2,7,9,12,15,17H,3-6,8,10-11,13-14H2,(H,24,26)/t15-/m1/s1. The summed E-state index contributed by atoms with van der Waals surface area (Å²) in [6, 6.07) is 3.61. The summed E-state index contributed by atoms with van der Waals surface area (Å²) >= 11 is 0. The SMILES string of the molecule is O=C(CC[C@H]1CCCN(C(=O)C2CC=CC2)C1)NCc1ccc(F)c(F)c1. The van der Waals surface area contributed by atoms with E-state index in [1.807, 2.05) is 4.90 Å². The molecular weight excluding hydrogens is 350 g/mol. The Morgan fingerprint density at radius 2 is 1.93 bits per heavy atom. The van der Waals surface area contributed by atoms with Crippen LogP contribution in [-0.2, 0) is 16.1 Å². The number of halogens is 2. The van der Waals surface area contributed by atoms with Gasteiger partial charge < -0.3 is 10.2 Å². The molecule has 1 saturated heterocycles. The number of nitrogens with one attached hydrogen (secondary N) is 1. The van der Waals surface area contributed by atoms with Crippen LogP contribution in [-0.4, -0.2) is 29.8 Å². The predicted molar refractivity (Wildman–Crippen MR) is 98.6 cm³/mol. The molecule has 1 aliphatic heterocycles. The molecule has 0 radical (unpaired) electrons. The van der Waals surface area contributed by atoms with E-state index < -0.39 is 11.6 Å². The third-order valence-electron chi connectivity index (χ3n) is 5.44. The number of hydrogen-bond acceptors (Lipinski definition) is 2. The van der Waals surface area contributed by atoms with Crippen LogP contribution >= 0.6 is 0 Å². The predicted octanol–water partition coefficient (Wildman–Crippen LogP) is 3.57. The highest BCUT2D eigenvalue weighted by Gasteiger charge is 2.29. The molecule has 0 spiro atoms. The minimum Gasteiger partial charge on any atom is -0.352 e. The van der Waals surface area contributed by atoms with Crippen LogP contribution in [0.2, 0.25) is 0 Å². The maximum Gasteiger partial charge on any atom is 0.226 e. The lowest BCUT2D eigenvalue weighted by atomic mass is 9.92. The van der Waals surface area contributed by atoms with Gasteiger partial charge in [-0.05, 0) is 55.7 Å². The molecular formula is C21H26F2N2O2. The first-order valence-corrected chi connectivity index (χ1v) is 9.67. The number of carbonyl (C=O) groups is 2. The highest BCUT2D eigenvalue weighted by Crippen LogP contribution is 2.26. The van der Waals surface area contributed by atoms with Gasteiger partial charge in [0.2, 0.25) is 11.8 Å². The molecule has 1 N–H and O–H groups in total. The number of piperidine rings is 1. The molecule has 0 bridgehead atoms. The summed E-state index contributed by atoms with van der Waals surface area (Å²) in [5.74, 6) is -1.23. The second kappa shape index (κ2) is 9.11. The Morgan fingerprint density at radius 3 is 2.67 bits per heavy atom. The van der Waals surface area contributed by atoms with Gasteiger partial charge in [-0.1, -0.05) is 18.2 Å². The Hall–Kier alpha value is -2.24. The van der Waals surface area contributed by atoms with Crippen molar-refractivity contribution in [1.82, 2.24) is 10.2 Å². The molecule has 4 nitrogen and oxygen atoms in total. The van der Waals surface area contributed by atoms with Crippen molar-refractivity contribution in [2.75, 3.05) is 13.1 Å². The van der Waals surface area contributed by atoms with E-state index in [9.17, 15) is 18.4 Å². The van der Waals surface area contributed by atoms with Crippen molar-refractivity contribution in [3.8, 4) is 0 Å². The lowest BCUT2D eigenvalue weighted by molar-refractivity contribution is -0.137. The average Bonchev–Trinajstić information content (AvgIpc) is 3.21. The van der Waals surface area contributed by atoms with E-state index in [0.29, 0.717) is 17.9 Å². The van der Waals surface area contributed by atoms with Crippen LogP contribution in [0.4, 0.5) is 8.78 Å². The van der Waals surface area contributed by atoms with Crippen molar-refractivity contribution in [3.05, 3.63) is 47.5 Å². The van der Waals surface area contributed by atoms with Gasteiger partial charge in [-0.25, -0.2) is 8.78 Å². The minimum atomic E-state index is -0.911. The molecule has 146 valence electrons. The Balaban J connectivity index is 1.40. The van der Waals surface area contributed by atoms with Gasteiger partial charge in [-0.3, -0.25) is 9.59 Å². The Morgan fingerprint density at radius 1 is 1.15 bits per heavy atom. The van der Waals surface area contributed by atoms with Crippen molar-refractivity contribution in [3.63, 3.8) is 0 Å². The third kappa shape index (κ3) is 5.37. The third-order valence-corrected chi connectivity index (χ3v) is 5.44. The number of rotatable bonds is 6. The summed E-state index contributed by atoms with van der Waals surface area (Å²) in [4.78, 5) is 26.6. The Kier molecular flexibility index (Phi) is 6.58. The molecule has 1 atom stereocenters. The van der Waals surface area contributed by atoms with Crippen molar-refractivity contribution in [1.29, 1.82) is 0 Å². The summed E-state index contributed by atoms with van der Waals surface area (Å²) in [5, 5.41) is 2.75. The van der Waals surface area contributed by atoms with Gasteiger partial charge >= 0.3 is 0 Å². The smallest absolute Gasteiger partial charge is 0.226 e. The summed E-state index contributed by atoms with van der Waals surface area (Å²) in [7, 11) is 0. The molecule has 0 saturated carbocycles. The molecule has 3 rings (SSSR count). The fourth-order valence-corrected chi connectivity index (χ4v) is 3.85. The summed E-state index contributed by atoms with van der Waals surface area (Å²) in [6.45, 7) is 1.72. The van der Waals surface area contributed by atoms with Crippen LogP contribution in [0, 0.1) is 23.5 Å². The second-order valence-corrected chi connectivity index (χ2v) is 7.50. The molecule has 1 fully saturated rings. The molecule has 1 aromatic carbocycles. The van der Waals surface area contributed by atoms with E-state index >= 15 is 0 Å². The van der Waals surface area contributed by atoms with Crippen LogP contribution in [0.1, 0.15) is 44.1 Å². The molecule has 1 aromatic rings. The normalized spacial score (nSPS) is 20.1. The molecule has 0 unspecified atom stereocenters. The first kappa shape index (κ1) is 19.5. The number of nitrogens with zero attached hydrogens (tertiary/aromatic N) is 1. The van der Waals surface area contributed by atoms with Gasteiger partial charge in [0.25, 0.3) is 0 Å². The van der Waals surface area contributed by atoms with Crippen LogP contribution in [0.5, 0.6) is 0 Å². The first-order chi connectivity index (χ1) is 13.0. The lowest BCUT2D eigenvalue weighted by Crippen LogP contribution is -2.42. The highest BCUT2D eigenvalue weighted by atomic mass is 19.2. The quantitative estimate of drug-likeness (QED) is 0.772. The summed E-state index contributed by atoms with van der Waals surface area (Å²) in [5.41, 5.74) is 0.530. The van der Waals surface area contributed by atoms with Crippen molar-refractivity contribution in [2.24, 2.45) is 11.8 Å². The molecule has 2 amide bonds. The zero-order chi connectivity index (χ0) is 19.2. The number of likely N-dealkylation sites (tertiary alicyclic amines) is 1. The number of allylic oxidation sites excluding steroid dienone is 2. The van der Waals surface area contributed by atoms with Crippen molar-refractivity contribution >= 4 is 11.8 Å². The number of amides is 2. The van der Waals surface area contributed by atoms with E-state index in [4.69, 9.17) is 0 Å². The fourth-order valence-electron chi connectivity index (χ4n) is 3.85. The van der Waals surface area contributed by atoms with Gasteiger partial charge in [0, 0.05) is 32.0 Å². The molecule has 1 heterocycles. The fraction of sp³-hybridized carbons (Fsp3) is 0.524. The molecule has 27 heavy (non-hydrogen) atoms. The lowest BCUT2D eigenvalue weighted by Gasteiger charge is -2.34. The van der Waals surface area contributed by atoms with Crippen LogP contribution in [0.3, 0.4) is 0 Å². The monoisotopic (exact) mass is 376 g/mol. The molecule has 2 aliphatic rings.